The number of epoxide rings is 1. The van der Waals surface area contributed by atoms with E-state index >= 15 is 0 Å². The van der Waals surface area contributed by atoms with Gasteiger partial charge in [0.05, 0.1) is 13.3 Å². The molecule has 0 spiro atoms. The fourth-order valence-electron chi connectivity index (χ4n) is 6.98. The van der Waals surface area contributed by atoms with Crippen molar-refractivity contribution in [2.75, 3.05) is 13.7 Å². The quantitative estimate of drug-likeness (QED) is 0.240. The van der Waals surface area contributed by atoms with Crippen molar-refractivity contribution >= 4 is 17.5 Å². The summed E-state index contributed by atoms with van der Waals surface area (Å²) in [4.78, 5) is 40.6. The van der Waals surface area contributed by atoms with E-state index in [1.54, 1.807) is 0 Å². The molecular formula is C27H42N2O5. The van der Waals surface area contributed by atoms with Gasteiger partial charge in [0.2, 0.25) is 0 Å². The minimum absolute atomic E-state index is 0.0654. The average molecular weight is 475 g/mol. The fraction of sp³-hybridized carbons (Fsp3) is 0.815. The Labute approximate surface area is 203 Å². The smallest absolute Gasteiger partial charge is 0.349 e. The second-order valence-corrected chi connectivity index (χ2v) is 11.5. The van der Waals surface area contributed by atoms with Crippen LogP contribution >= 0.6 is 0 Å². The highest BCUT2D eigenvalue weighted by Crippen LogP contribution is 2.62. The van der Waals surface area contributed by atoms with Crippen molar-refractivity contribution in [3.05, 3.63) is 11.6 Å². The van der Waals surface area contributed by atoms with E-state index in [2.05, 4.69) is 26.1 Å². The zero-order valence-corrected chi connectivity index (χ0v) is 21.2. The molecule has 2 saturated heterocycles. The third-order valence-electron chi connectivity index (χ3n) is 8.75. The van der Waals surface area contributed by atoms with E-state index in [9.17, 15) is 14.4 Å². The summed E-state index contributed by atoms with van der Waals surface area (Å²) in [6.07, 6.45) is 9.80. The van der Waals surface area contributed by atoms with Crippen LogP contribution in [0.5, 0.6) is 0 Å². The first-order valence-corrected chi connectivity index (χ1v) is 13.2. The largest absolute Gasteiger partial charge is 0.466 e. The number of nitrogens with one attached hydrogen (secondary N) is 1. The maximum absolute atomic E-state index is 13.9. The van der Waals surface area contributed by atoms with Crippen LogP contribution in [0.4, 0.5) is 0 Å². The van der Waals surface area contributed by atoms with E-state index in [0.29, 0.717) is 18.3 Å². The van der Waals surface area contributed by atoms with Crippen LogP contribution in [0.2, 0.25) is 0 Å². The average Bonchev–Trinajstić information content (AvgIpc) is 3.51. The Hall–Kier alpha value is -1.57. The number of ketones is 2. The summed E-state index contributed by atoms with van der Waals surface area (Å²) >= 11 is 0. The zero-order valence-electron chi connectivity index (χ0n) is 21.2. The number of ether oxygens (including phenoxy) is 2. The van der Waals surface area contributed by atoms with Crippen molar-refractivity contribution in [1.29, 1.82) is 0 Å². The molecule has 0 bridgehead atoms. The first kappa shape index (κ1) is 25.5. The molecule has 5 unspecified atom stereocenters. The number of rotatable bonds is 8. The van der Waals surface area contributed by atoms with Crippen LogP contribution in [0.25, 0.3) is 0 Å². The minimum atomic E-state index is -1.76. The highest BCUT2D eigenvalue weighted by Gasteiger charge is 2.87. The molecule has 2 saturated carbocycles. The monoisotopic (exact) mass is 474 g/mol. The van der Waals surface area contributed by atoms with Crippen LogP contribution in [0.15, 0.2) is 11.6 Å². The lowest BCUT2D eigenvalue weighted by Crippen LogP contribution is -2.59. The molecule has 7 nitrogen and oxygen atoms in total. The molecule has 34 heavy (non-hydrogen) atoms. The van der Waals surface area contributed by atoms with Crippen LogP contribution in [0.1, 0.15) is 78.6 Å². The number of hydrogen-bond acceptors (Lipinski definition) is 7. The summed E-state index contributed by atoms with van der Waals surface area (Å²) in [5.74, 6) is -0.660. The lowest BCUT2D eigenvalue weighted by Gasteiger charge is -2.42. The van der Waals surface area contributed by atoms with Crippen LogP contribution < -0.4 is 11.1 Å². The van der Waals surface area contributed by atoms with Gasteiger partial charge in [0.25, 0.3) is 5.60 Å². The van der Waals surface area contributed by atoms with Gasteiger partial charge in [0.15, 0.2) is 17.2 Å². The summed E-state index contributed by atoms with van der Waals surface area (Å²) in [6.45, 7) is 7.27. The van der Waals surface area contributed by atoms with E-state index < -0.39 is 23.1 Å². The number of allylic oxidation sites excluding steroid dienone is 1. The normalized spacial score (nSPS) is 40.1. The van der Waals surface area contributed by atoms with Gasteiger partial charge in [-0.1, -0.05) is 31.9 Å². The van der Waals surface area contributed by atoms with Crippen molar-refractivity contribution in [1.82, 2.24) is 5.32 Å². The SMILES string of the molecule is COC(=O)[C@@]12O[C@@]1(CC=C(C)CCC1CCNC(N)C1)C(=O)C1CCCC(CC(C)C)C1C2=O. The van der Waals surface area contributed by atoms with Crippen LogP contribution in [0, 0.1) is 29.6 Å². The Bertz CT molecular complexity index is 854. The van der Waals surface area contributed by atoms with Gasteiger partial charge in [-0.05, 0) is 76.2 Å². The second-order valence-electron chi connectivity index (χ2n) is 11.5. The van der Waals surface area contributed by atoms with Gasteiger partial charge in [0, 0.05) is 18.3 Å². The third-order valence-corrected chi connectivity index (χ3v) is 8.75. The number of carbonyl (C=O) groups is 3. The molecule has 3 N–H and O–H groups in total. The van der Waals surface area contributed by atoms with Crippen LogP contribution in [-0.4, -0.2) is 48.6 Å². The van der Waals surface area contributed by atoms with Gasteiger partial charge >= 0.3 is 5.97 Å². The van der Waals surface area contributed by atoms with Gasteiger partial charge in [-0.2, -0.15) is 0 Å². The number of esters is 1. The number of carbonyl (C=O) groups excluding carboxylic acids is 3. The van der Waals surface area contributed by atoms with Crippen LogP contribution in [0.3, 0.4) is 0 Å². The van der Waals surface area contributed by atoms with E-state index in [-0.39, 0.29) is 36.0 Å². The number of piperidine rings is 1. The predicted molar refractivity (Wildman–Crippen MR) is 129 cm³/mol. The summed E-state index contributed by atoms with van der Waals surface area (Å²) in [6, 6.07) is 0. The molecule has 190 valence electrons. The molecule has 4 aliphatic rings. The second kappa shape index (κ2) is 9.82. The minimum Gasteiger partial charge on any atom is -0.466 e. The van der Waals surface area contributed by atoms with Gasteiger partial charge in [0.1, 0.15) is 0 Å². The van der Waals surface area contributed by atoms with Crippen molar-refractivity contribution in [2.24, 2.45) is 35.3 Å². The Balaban J connectivity index is 1.52. The Kier molecular flexibility index (Phi) is 7.37. The van der Waals surface area contributed by atoms with Gasteiger partial charge in [-0.25, -0.2) is 4.79 Å². The predicted octanol–water partition coefficient (Wildman–Crippen LogP) is 3.30. The standard InChI is InChI=1S/C27H42N2O5/c1-16(2)14-19-6-5-7-20-22(19)24(31)27(25(32)33-4)26(34-27,23(20)30)12-10-17(3)8-9-18-11-13-29-21(28)15-18/h10,16,18-22,29H,5-9,11-15,28H2,1-4H3/t18?,19?,20?,21?,22?,26-,27+/m0/s1. The third kappa shape index (κ3) is 4.28. The molecule has 0 radical (unpaired) electrons. The topological polar surface area (TPSA) is 111 Å². The van der Waals surface area contributed by atoms with E-state index in [1.807, 2.05) is 6.08 Å². The molecule has 0 aromatic rings. The van der Waals surface area contributed by atoms with Crippen molar-refractivity contribution < 1.29 is 23.9 Å². The van der Waals surface area contributed by atoms with Gasteiger partial charge in [-0.15, -0.1) is 0 Å². The summed E-state index contributed by atoms with van der Waals surface area (Å²) in [5, 5.41) is 3.28. The maximum atomic E-state index is 13.9. The van der Waals surface area contributed by atoms with Crippen molar-refractivity contribution in [3.8, 4) is 0 Å². The number of nitrogens with two attached hydrogens (primary N) is 1. The summed E-state index contributed by atoms with van der Waals surface area (Å²) in [7, 11) is 1.27. The molecule has 0 aromatic carbocycles. The van der Waals surface area contributed by atoms with E-state index in [4.69, 9.17) is 15.2 Å². The van der Waals surface area contributed by atoms with Crippen molar-refractivity contribution in [2.45, 2.75) is 95.9 Å². The fourth-order valence-corrected chi connectivity index (χ4v) is 6.98. The number of Topliss-reactive ketones (excluding diaryl/α,β-unsaturated/α-hetero) is 2. The molecule has 4 rings (SSSR count). The number of methoxy groups -OCH3 is 1. The first-order chi connectivity index (χ1) is 16.2. The molecule has 2 aliphatic carbocycles. The molecular weight excluding hydrogens is 432 g/mol. The molecule has 0 aromatic heterocycles. The first-order valence-electron chi connectivity index (χ1n) is 13.2. The van der Waals surface area contributed by atoms with Crippen LogP contribution in [-0.2, 0) is 23.9 Å². The molecule has 7 atom stereocenters. The lowest BCUT2D eigenvalue weighted by atomic mass is 9.57. The van der Waals surface area contributed by atoms with E-state index in [0.717, 1.165) is 57.1 Å². The highest BCUT2D eigenvalue weighted by molar-refractivity contribution is 6.23. The van der Waals surface area contributed by atoms with Gasteiger partial charge < -0.3 is 20.5 Å². The molecule has 2 heterocycles. The zero-order chi connectivity index (χ0) is 24.7. The summed E-state index contributed by atoms with van der Waals surface area (Å²) < 4.78 is 11.0. The molecule has 0 amide bonds. The molecule has 2 aliphatic heterocycles. The number of hydrogen-bond donors (Lipinski definition) is 2. The van der Waals surface area contributed by atoms with Gasteiger partial charge in [-0.3, -0.25) is 9.59 Å². The Morgan fingerprint density at radius 3 is 2.71 bits per heavy atom. The molecule has 4 fully saturated rings. The number of fused-ring (bicyclic) bond motifs is 2. The van der Waals surface area contributed by atoms with E-state index in [1.165, 1.54) is 7.11 Å². The maximum Gasteiger partial charge on any atom is 0.349 e. The summed E-state index contributed by atoms with van der Waals surface area (Å²) in [5.41, 5.74) is 4.03. The highest BCUT2D eigenvalue weighted by atomic mass is 16.7. The Morgan fingerprint density at radius 2 is 2.03 bits per heavy atom. The molecule has 7 heteroatoms. The Morgan fingerprint density at radius 1 is 1.26 bits per heavy atom. The van der Waals surface area contributed by atoms with Crippen molar-refractivity contribution in [3.63, 3.8) is 0 Å². The lowest BCUT2D eigenvalue weighted by molar-refractivity contribution is -0.158.